The first-order valence-electron chi connectivity index (χ1n) is 5.86. The molecule has 108 valence electrons. The molecular formula is C13H14F2N2O3. The van der Waals surface area contributed by atoms with Crippen molar-refractivity contribution in [2.24, 2.45) is 0 Å². The van der Waals surface area contributed by atoms with Crippen molar-refractivity contribution in [2.75, 3.05) is 7.11 Å². The largest absolute Gasteiger partial charge is 0.497 e. The Morgan fingerprint density at radius 3 is 2.85 bits per heavy atom. The second-order valence-corrected chi connectivity index (χ2v) is 3.95. The minimum atomic E-state index is -2.66. The molecule has 0 aliphatic rings. The lowest BCUT2D eigenvalue weighted by atomic mass is 10.2. The Hall–Kier alpha value is -2.15. The van der Waals surface area contributed by atoms with Crippen molar-refractivity contribution in [3.8, 4) is 11.5 Å². The molecule has 20 heavy (non-hydrogen) atoms. The van der Waals surface area contributed by atoms with Crippen molar-refractivity contribution < 1.29 is 23.4 Å². The van der Waals surface area contributed by atoms with Gasteiger partial charge < -0.3 is 14.6 Å². The van der Waals surface area contributed by atoms with Crippen LogP contribution in [0.3, 0.4) is 0 Å². The van der Waals surface area contributed by atoms with Crippen molar-refractivity contribution in [1.82, 2.24) is 9.55 Å². The van der Waals surface area contributed by atoms with Gasteiger partial charge in [0.05, 0.1) is 13.7 Å². The normalized spacial score (nSPS) is 10.8. The van der Waals surface area contributed by atoms with E-state index in [4.69, 9.17) is 9.47 Å². The Morgan fingerprint density at radius 1 is 1.40 bits per heavy atom. The van der Waals surface area contributed by atoms with Gasteiger partial charge in [-0.2, -0.15) is 8.78 Å². The number of hydrogen-bond donors (Lipinski definition) is 1. The van der Waals surface area contributed by atoms with Crippen molar-refractivity contribution in [3.05, 3.63) is 42.0 Å². The van der Waals surface area contributed by atoms with Gasteiger partial charge in [-0.1, -0.05) is 0 Å². The van der Waals surface area contributed by atoms with Crippen LogP contribution in [0.25, 0.3) is 0 Å². The number of benzene rings is 1. The molecule has 2 aromatic rings. The summed E-state index contributed by atoms with van der Waals surface area (Å²) >= 11 is 0. The molecule has 5 nitrogen and oxygen atoms in total. The van der Waals surface area contributed by atoms with Gasteiger partial charge in [-0.15, -0.1) is 0 Å². The molecule has 1 aromatic carbocycles. The number of rotatable bonds is 6. The summed E-state index contributed by atoms with van der Waals surface area (Å²) in [6, 6.07) is 4.89. The molecule has 0 aliphatic heterocycles. The highest BCUT2D eigenvalue weighted by Crippen LogP contribution is 2.25. The number of methoxy groups -OCH3 is 1. The minimum Gasteiger partial charge on any atom is -0.497 e. The Morgan fingerprint density at radius 2 is 2.20 bits per heavy atom. The fourth-order valence-corrected chi connectivity index (χ4v) is 1.72. The average Bonchev–Trinajstić information content (AvgIpc) is 2.93. The molecule has 7 heteroatoms. The van der Waals surface area contributed by atoms with Gasteiger partial charge in [-0.25, -0.2) is 4.98 Å². The van der Waals surface area contributed by atoms with Crippen molar-refractivity contribution >= 4 is 0 Å². The number of alkyl halides is 2. The first-order valence-corrected chi connectivity index (χ1v) is 5.86. The zero-order valence-electron chi connectivity index (χ0n) is 10.8. The van der Waals surface area contributed by atoms with E-state index in [2.05, 4.69) is 4.98 Å². The number of aliphatic hydroxyl groups is 1. The smallest absolute Gasteiger partial charge is 0.320 e. The highest BCUT2D eigenvalue weighted by molar-refractivity contribution is 5.39. The third-order valence-corrected chi connectivity index (χ3v) is 2.75. The molecule has 0 atom stereocenters. The summed E-state index contributed by atoms with van der Waals surface area (Å²) in [6.45, 7) is -3.02. The predicted molar refractivity (Wildman–Crippen MR) is 66.7 cm³/mol. The summed E-state index contributed by atoms with van der Waals surface area (Å²) in [4.78, 5) is 3.81. The van der Waals surface area contributed by atoms with Crippen LogP contribution in [0.5, 0.6) is 11.5 Å². The van der Waals surface area contributed by atoms with E-state index >= 15 is 0 Å². The number of aliphatic hydroxyl groups excluding tert-OH is 1. The second kappa shape index (κ2) is 6.33. The lowest BCUT2D eigenvalue weighted by molar-refractivity contribution is 0.0631. The summed E-state index contributed by atoms with van der Waals surface area (Å²) in [6.07, 6.45) is 2.47. The Kier molecular flexibility index (Phi) is 4.52. The molecule has 0 aliphatic carbocycles. The maximum absolute atomic E-state index is 12.6. The summed E-state index contributed by atoms with van der Waals surface area (Å²) in [7, 11) is 1.51. The van der Waals surface area contributed by atoms with Crippen LogP contribution in [0.2, 0.25) is 0 Å². The van der Waals surface area contributed by atoms with Gasteiger partial charge in [0.2, 0.25) is 0 Å². The third-order valence-electron chi connectivity index (χ3n) is 2.75. The Labute approximate surface area is 114 Å². The van der Waals surface area contributed by atoms with E-state index < -0.39 is 6.55 Å². The van der Waals surface area contributed by atoms with Crippen molar-refractivity contribution in [2.45, 2.75) is 19.8 Å². The zero-order valence-corrected chi connectivity index (χ0v) is 10.8. The van der Waals surface area contributed by atoms with E-state index in [1.165, 1.54) is 19.5 Å². The summed E-state index contributed by atoms with van der Waals surface area (Å²) < 4.78 is 36.5. The van der Waals surface area contributed by atoms with Crippen LogP contribution in [0.1, 0.15) is 17.9 Å². The van der Waals surface area contributed by atoms with E-state index in [9.17, 15) is 13.9 Å². The molecule has 1 aromatic heterocycles. The molecule has 1 heterocycles. The van der Waals surface area contributed by atoms with Gasteiger partial charge >= 0.3 is 6.55 Å². The number of ether oxygens (including phenoxy) is 2. The Balaban J connectivity index is 2.12. The van der Waals surface area contributed by atoms with Crippen LogP contribution in [-0.4, -0.2) is 21.8 Å². The molecular weight excluding hydrogens is 270 g/mol. The quantitative estimate of drug-likeness (QED) is 0.884. The van der Waals surface area contributed by atoms with Crippen LogP contribution < -0.4 is 9.47 Å². The first kappa shape index (κ1) is 14.3. The standard InChI is InChI=1S/C13H14F2N2O3/c1-19-10-2-3-11(9(6-10)7-18)20-8-12-16-4-5-17(12)13(14)15/h2-6,13,18H,7-8H2,1H3. The fourth-order valence-electron chi connectivity index (χ4n) is 1.72. The van der Waals surface area contributed by atoms with E-state index in [-0.39, 0.29) is 19.0 Å². The number of aromatic nitrogens is 2. The van der Waals surface area contributed by atoms with Crippen molar-refractivity contribution in [3.63, 3.8) is 0 Å². The number of halogens is 2. The molecule has 0 radical (unpaired) electrons. The lowest BCUT2D eigenvalue weighted by Gasteiger charge is -2.12. The number of hydrogen-bond acceptors (Lipinski definition) is 4. The molecule has 0 bridgehead atoms. The highest BCUT2D eigenvalue weighted by Gasteiger charge is 2.12. The molecule has 2 rings (SSSR count). The van der Waals surface area contributed by atoms with Gasteiger partial charge in [-0.3, -0.25) is 4.57 Å². The van der Waals surface area contributed by atoms with E-state index in [0.717, 1.165) is 4.57 Å². The molecule has 0 fully saturated rings. The summed E-state index contributed by atoms with van der Waals surface area (Å²) in [5.74, 6) is 1.09. The third kappa shape index (κ3) is 3.05. The van der Waals surface area contributed by atoms with Gasteiger partial charge in [0, 0.05) is 18.0 Å². The zero-order chi connectivity index (χ0) is 14.5. The van der Waals surface area contributed by atoms with E-state index in [1.54, 1.807) is 18.2 Å². The van der Waals surface area contributed by atoms with Crippen LogP contribution >= 0.6 is 0 Å². The monoisotopic (exact) mass is 284 g/mol. The second-order valence-electron chi connectivity index (χ2n) is 3.95. The van der Waals surface area contributed by atoms with Crippen molar-refractivity contribution in [1.29, 1.82) is 0 Å². The molecule has 0 spiro atoms. The molecule has 0 amide bonds. The summed E-state index contributed by atoms with van der Waals surface area (Å²) in [5.41, 5.74) is 0.513. The van der Waals surface area contributed by atoms with Crippen LogP contribution in [0, 0.1) is 0 Å². The minimum absolute atomic E-state index is 0.111. The van der Waals surface area contributed by atoms with Gasteiger partial charge in [0.15, 0.2) is 5.82 Å². The SMILES string of the molecule is COc1ccc(OCc2nccn2C(F)F)c(CO)c1. The van der Waals surface area contributed by atoms with E-state index in [1.807, 2.05) is 0 Å². The first-order chi connectivity index (χ1) is 9.65. The maximum atomic E-state index is 12.6. The number of imidazole rings is 1. The number of nitrogens with zero attached hydrogens (tertiary/aromatic N) is 2. The molecule has 0 saturated carbocycles. The molecule has 0 saturated heterocycles. The Bertz CT molecular complexity index is 572. The highest BCUT2D eigenvalue weighted by atomic mass is 19.3. The fraction of sp³-hybridized carbons (Fsp3) is 0.308. The maximum Gasteiger partial charge on any atom is 0.320 e. The van der Waals surface area contributed by atoms with E-state index in [0.29, 0.717) is 17.1 Å². The topological polar surface area (TPSA) is 56.5 Å². The summed E-state index contributed by atoms with van der Waals surface area (Å²) in [5, 5.41) is 9.26. The predicted octanol–water partition coefficient (Wildman–Crippen LogP) is 2.36. The lowest BCUT2D eigenvalue weighted by Crippen LogP contribution is -2.08. The van der Waals surface area contributed by atoms with Crippen LogP contribution in [0.4, 0.5) is 8.78 Å². The van der Waals surface area contributed by atoms with Gasteiger partial charge in [-0.05, 0) is 18.2 Å². The van der Waals surface area contributed by atoms with Crippen LogP contribution in [-0.2, 0) is 13.2 Å². The molecule has 1 N–H and O–H groups in total. The molecule has 0 unspecified atom stereocenters. The van der Waals surface area contributed by atoms with Gasteiger partial charge in [0.25, 0.3) is 0 Å². The van der Waals surface area contributed by atoms with Crippen LogP contribution in [0.15, 0.2) is 30.6 Å². The average molecular weight is 284 g/mol. The van der Waals surface area contributed by atoms with Gasteiger partial charge in [0.1, 0.15) is 18.1 Å².